The maximum absolute atomic E-state index is 2.32. The minimum absolute atomic E-state index is 1.09. The predicted octanol–water partition coefficient (Wildman–Crippen LogP) is 11.9. The van der Waals surface area contributed by atoms with Gasteiger partial charge >= 0.3 is 0 Å². The minimum Gasteiger partial charge on any atom is -0.0654 e. The molecule has 3 aliphatic rings. The van der Waals surface area contributed by atoms with E-state index in [1.165, 1.54) is 103 Å². The summed E-state index contributed by atoms with van der Waals surface area (Å²) in [6.07, 6.45) is 39.6. The van der Waals surface area contributed by atoms with Crippen molar-refractivity contribution in [3.8, 4) is 0 Å². The average Bonchev–Trinajstić information content (AvgIpc) is 2.87. The predicted molar refractivity (Wildman–Crippen MR) is 152 cm³/mol. The Labute approximate surface area is 216 Å². The van der Waals surface area contributed by atoms with Gasteiger partial charge in [0.1, 0.15) is 0 Å². The Morgan fingerprint density at radius 2 is 0.735 bits per heavy atom. The molecule has 200 valence electrons. The molecule has 4 unspecified atom stereocenters. The van der Waals surface area contributed by atoms with Crippen LogP contribution in [0.3, 0.4) is 0 Å². The molecule has 0 heterocycles. The van der Waals surface area contributed by atoms with Crippen molar-refractivity contribution in [2.75, 3.05) is 0 Å². The Morgan fingerprint density at radius 3 is 1.12 bits per heavy atom. The normalized spacial score (nSPS) is 31.2. The first-order valence-electron chi connectivity index (χ1n) is 16.8. The first kappa shape index (κ1) is 28.6. The largest absolute Gasteiger partial charge is 0.0654 e. The lowest BCUT2D eigenvalue weighted by atomic mass is 9.55. The molecule has 3 fully saturated rings. The summed E-state index contributed by atoms with van der Waals surface area (Å²) in [6.45, 7) is 4.65. The Hall–Kier alpha value is 0. The fourth-order valence-corrected chi connectivity index (χ4v) is 8.65. The third-order valence-electron chi connectivity index (χ3n) is 10.7. The third-order valence-corrected chi connectivity index (χ3v) is 10.7. The second kappa shape index (κ2) is 17.5. The lowest BCUT2D eigenvalue weighted by Crippen LogP contribution is -2.41. The topological polar surface area (TPSA) is 0 Å². The van der Waals surface area contributed by atoms with Gasteiger partial charge in [0.15, 0.2) is 0 Å². The molecule has 0 saturated heterocycles. The van der Waals surface area contributed by atoms with Crippen molar-refractivity contribution < 1.29 is 0 Å². The molecule has 0 amide bonds. The van der Waals surface area contributed by atoms with Crippen LogP contribution in [0.2, 0.25) is 0 Å². The van der Waals surface area contributed by atoms with Crippen molar-refractivity contribution in [2.24, 2.45) is 35.5 Å². The van der Waals surface area contributed by atoms with Gasteiger partial charge in [-0.05, 0) is 74.0 Å². The second-order valence-electron chi connectivity index (χ2n) is 13.3. The van der Waals surface area contributed by atoms with E-state index in [0.717, 1.165) is 35.5 Å². The van der Waals surface area contributed by atoms with Crippen LogP contribution in [-0.4, -0.2) is 0 Å². The standard InChI is InChI=1S/C34H64/c1-3-5-7-9-11-13-15-17-19-29-21-25-33-31(27-29)23-24-32-28-30(22-26-34(32)33)20-18-16-14-12-10-8-6-4-2/h29-34H,3-28H2,1-2H3/t29-,30-,31?,32?,33?,34?/m0/s1. The molecule has 0 aromatic rings. The first-order valence-corrected chi connectivity index (χ1v) is 16.8. The summed E-state index contributed by atoms with van der Waals surface area (Å²) in [5.74, 6) is 6.71. The molecular weight excluding hydrogens is 408 g/mol. The highest BCUT2D eigenvalue weighted by molar-refractivity contribution is 4.94. The number of rotatable bonds is 18. The summed E-state index contributed by atoms with van der Waals surface area (Å²) in [6, 6.07) is 0. The van der Waals surface area contributed by atoms with E-state index in [4.69, 9.17) is 0 Å². The molecule has 0 N–H and O–H groups in total. The van der Waals surface area contributed by atoms with Gasteiger partial charge in [-0.3, -0.25) is 0 Å². The van der Waals surface area contributed by atoms with E-state index in [0.29, 0.717) is 0 Å². The molecular formula is C34H64. The van der Waals surface area contributed by atoms with Gasteiger partial charge in [0, 0.05) is 0 Å². The number of unbranched alkanes of at least 4 members (excludes halogenated alkanes) is 14. The summed E-state index contributed by atoms with van der Waals surface area (Å²) in [5.41, 5.74) is 0. The molecule has 0 heteroatoms. The van der Waals surface area contributed by atoms with Gasteiger partial charge in [0.2, 0.25) is 0 Å². The van der Waals surface area contributed by atoms with Crippen LogP contribution in [0.5, 0.6) is 0 Å². The van der Waals surface area contributed by atoms with Crippen molar-refractivity contribution in [1.29, 1.82) is 0 Å². The van der Waals surface area contributed by atoms with E-state index in [2.05, 4.69) is 13.8 Å². The van der Waals surface area contributed by atoms with Gasteiger partial charge in [-0.15, -0.1) is 0 Å². The summed E-state index contributed by atoms with van der Waals surface area (Å²) >= 11 is 0. The third kappa shape index (κ3) is 10.2. The maximum Gasteiger partial charge on any atom is -0.0355 e. The molecule has 34 heavy (non-hydrogen) atoms. The molecule has 3 rings (SSSR count). The summed E-state index contributed by atoms with van der Waals surface area (Å²) in [5, 5.41) is 0. The van der Waals surface area contributed by atoms with E-state index < -0.39 is 0 Å². The van der Waals surface area contributed by atoms with Crippen molar-refractivity contribution in [3.05, 3.63) is 0 Å². The van der Waals surface area contributed by atoms with E-state index in [9.17, 15) is 0 Å². The lowest BCUT2D eigenvalue weighted by Gasteiger charge is -2.51. The van der Waals surface area contributed by atoms with Crippen LogP contribution >= 0.6 is 0 Å². The van der Waals surface area contributed by atoms with Crippen LogP contribution in [0.4, 0.5) is 0 Å². The zero-order chi connectivity index (χ0) is 23.8. The van der Waals surface area contributed by atoms with Crippen LogP contribution in [0.15, 0.2) is 0 Å². The molecule has 0 aromatic carbocycles. The smallest absolute Gasteiger partial charge is 0.0355 e. The fourth-order valence-electron chi connectivity index (χ4n) is 8.65. The second-order valence-corrected chi connectivity index (χ2v) is 13.3. The van der Waals surface area contributed by atoms with Gasteiger partial charge in [-0.25, -0.2) is 0 Å². The van der Waals surface area contributed by atoms with Crippen molar-refractivity contribution in [3.63, 3.8) is 0 Å². The Bertz CT molecular complexity index is 436. The van der Waals surface area contributed by atoms with Crippen LogP contribution in [0, 0.1) is 35.5 Å². The number of hydrogen-bond acceptors (Lipinski definition) is 0. The highest BCUT2D eigenvalue weighted by Crippen LogP contribution is 2.54. The van der Waals surface area contributed by atoms with E-state index in [1.807, 2.05) is 0 Å². The highest BCUT2D eigenvalue weighted by atomic mass is 14.5. The Kier molecular flexibility index (Phi) is 14.7. The fraction of sp³-hybridized carbons (Fsp3) is 1.00. The molecule has 0 bridgehead atoms. The average molecular weight is 473 g/mol. The van der Waals surface area contributed by atoms with E-state index in [-0.39, 0.29) is 0 Å². The molecule has 0 spiro atoms. The van der Waals surface area contributed by atoms with E-state index in [1.54, 1.807) is 64.2 Å². The Morgan fingerprint density at radius 1 is 0.382 bits per heavy atom. The molecule has 0 aromatic heterocycles. The maximum atomic E-state index is 2.32. The lowest BCUT2D eigenvalue weighted by molar-refractivity contribution is -0.00461. The summed E-state index contributed by atoms with van der Waals surface area (Å²) in [4.78, 5) is 0. The number of fused-ring (bicyclic) bond motifs is 3. The highest BCUT2D eigenvalue weighted by Gasteiger charge is 2.44. The monoisotopic (exact) mass is 473 g/mol. The van der Waals surface area contributed by atoms with Crippen molar-refractivity contribution in [2.45, 2.75) is 181 Å². The molecule has 0 nitrogen and oxygen atoms in total. The quantitative estimate of drug-likeness (QED) is 0.174. The number of hydrogen-bond donors (Lipinski definition) is 0. The van der Waals surface area contributed by atoms with Gasteiger partial charge in [0.05, 0.1) is 0 Å². The van der Waals surface area contributed by atoms with Gasteiger partial charge in [0.25, 0.3) is 0 Å². The first-order chi connectivity index (χ1) is 16.8. The van der Waals surface area contributed by atoms with Crippen molar-refractivity contribution >= 4 is 0 Å². The Balaban J connectivity index is 1.23. The van der Waals surface area contributed by atoms with Gasteiger partial charge in [-0.1, -0.05) is 142 Å². The molecule has 3 aliphatic carbocycles. The van der Waals surface area contributed by atoms with Crippen molar-refractivity contribution in [1.82, 2.24) is 0 Å². The van der Waals surface area contributed by atoms with Crippen LogP contribution in [-0.2, 0) is 0 Å². The van der Waals surface area contributed by atoms with Crippen LogP contribution < -0.4 is 0 Å². The molecule has 0 aliphatic heterocycles. The van der Waals surface area contributed by atoms with Crippen LogP contribution in [0.25, 0.3) is 0 Å². The van der Waals surface area contributed by atoms with Crippen LogP contribution in [0.1, 0.15) is 181 Å². The molecule has 3 saturated carbocycles. The SMILES string of the molecule is CCCCCCCCCC[C@H]1CCC2C(CCC3C[C@@H](CCCCCCCCCC)CCC32)C1. The van der Waals surface area contributed by atoms with E-state index >= 15 is 0 Å². The zero-order valence-corrected chi connectivity index (χ0v) is 23.8. The van der Waals surface area contributed by atoms with Gasteiger partial charge < -0.3 is 0 Å². The summed E-state index contributed by atoms with van der Waals surface area (Å²) in [7, 11) is 0. The molecule has 0 radical (unpaired) electrons. The summed E-state index contributed by atoms with van der Waals surface area (Å²) < 4.78 is 0. The minimum atomic E-state index is 1.09. The van der Waals surface area contributed by atoms with Gasteiger partial charge in [-0.2, -0.15) is 0 Å². The zero-order valence-electron chi connectivity index (χ0n) is 23.8. The molecule has 6 atom stereocenters.